The fraction of sp³-hybridized carbons (Fsp3) is 1.00. The summed E-state index contributed by atoms with van der Waals surface area (Å²) in [6.07, 6.45) is 1.82. The normalized spacial score (nSPS) is 24.0. The first-order valence-corrected chi connectivity index (χ1v) is 4.71. The zero-order chi connectivity index (χ0) is 8.48. The predicted octanol–water partition coefficient (Wildman–Crippen LogP) is 1.74. The van der Waals surface area contributed by atoms with E-state index in [1.807, 2.05) is 0 Å². The molecule has 1 aliphatic rings. The Kier molecular flexibility index (Phi) is 3.29. The van der Waals surface area contributed by atoms with Crippen molar-refractivity contribution in [1.82, 2.24) is 4.90 Å². The van der Waals surface area contributed by atoms with Gasteiger partial charge in [0.2, 0.25) is 3.92 Å². The summed E-state index contributed by atoms with van der Waals surface area (Å²) in [4.78, 5) is 1.81. The highest BCUT2D eigenvalue weighted by Gasteiger charge is 2.31. The van der Waals surface area contributed by atoms with Crippen molar-refractivity contribution in [3.63, 3.8) is 0 Å². The van der Waals surface area contributed by atoms with Gasteiger partial charge >= 0.3 is 0 Å². The highest BCUT2D eigenvalue weighted by Crippen LogP contribution is 2.32. The minimum absolute atomic E-state index is 0.276. The maximum Gasteiger partial charge on any atom is 0.247 e. The summed E-state index contributed by atoms with van der Waals surface area (Å²) >= 11 is 17.0. The number of hydrogen-bond acceptors (Lipinski definition) is 2. The third-order valence-corrected chi connectivity index (χ3v) is 2.62. The number of likely N-dealkylation sites (tertiary alicyclic amines) is 1. The third kappa shape index (κ3) is 2.96. The Hall–Kier alpha value is 0.790. The van der Waals surface area contributed by atoms with Gasteiger partial charge in [-0.15, -0.1) is 0 Å². The summed E-state index contributed by atoms with van der Waals surface area (Å²) in [5, 5.41) is 0. The van der Waals surface area contributed by atoms with Gasteiger partial charge in [0.15, 0.2) is 0 Å². The standard InChI is InChI=1S/C6H11Cl3N2/c7-6(8,9)11-3-1-5(10)2-4-11/h5H,1-4,10H2. The molecule has 0 bridgehead atoms. The molecule has 5 heteroatoms. The first-order chi connectivity index (χ1) is 5.00. The van der Waals surface area contributed by atoms with E-state index in [1.54, 1.807) is 4.90 Å². The van der Waals surface area contributed by atoms with Crippen molar-refractivity contribution in [2.75, 3.05) is 13.1 Å². The van der Waals surface area contributed by atoms with Crippen LogP contribution in [0.2, 0.25) is 0 Å². The molecule has 1 aliphatic heterocycles. The van der Waals surface area contributed by atoms with Gasteiger partial charge in [-0.05, 0) is 12.8 Å². The average Bonchev–Trinajstić information content (AvgIpc) is 1.86. The van der Waals surface area contributed by atoms with E-state index in [9.17, 15) is 0 Å². The highest BCUT2D eigenvalue weighted by atomic mass is 35.6. The first-order valence-electron chi connectivity index (χ1n) is 3.57. The van der Waals surface area contributed by atoms with Crippen molar-refractivity contribution in [2.24, 2.45) is 5.73 Å². The summed E-state index contributed by atoms with van der Waals surface area (Å²) in [5.74, 6) is 0. The number of rotatable bonds is 0. The molecule has 66 valence electrons. The second kappa shape index (κ2) is 3.67. The number of piperidine rings is 1. The molecule has 1 fully saturated rings. The Labute approximate surface area is 81.6 Å². The van der Waals surface area contributed by atoms with Crippen molar-refractivity contribution >= 4 is 34.8 Å². The van der Waals surface area contributed by atoms with E-state index in [0.29, 0.717) is 0 Å². The van der Waals surface area contributed by atoms with E-state index < -0.39 is 3.92 Å². The molecule has 1 heterocycles. The molecule has 0 amide bonds. The number of nitrogens with two attached hydrogens (primary N) is 1. The molecule has 0 saturated carbocycles. The summed E-state index contributed by atoms with van der Waals surface area (Å²) in [5.41, 5.74) is 5.68. The minimum atomic E-state index is -1.25. The second-order valence-corrected chi connectivity index (χ2v) is 5.01. The molecule has 2 nitrogen and oxygen atoms in total. The fourth-order valence-electron chi connectivity index (χ4n) is 1.15. The van der Waals surface area contributed by atoms with Gasteiger partial charge in [-0.1, -0.05) is 34.8 Å². The number of halogens is 3. The lowest BCUT2D eigenvalue weighted by molar-refractivity contribution is 0.212. The van der Waals surface area contributed by atoms with E-state index in [0.717, 1.165) is 25.9 Å². The van der Waals surface area contributed by atoms with Crippen LogP contribution in [0.3, 0.4) is 0 Å². The molecule has 0 aromatic rings. The van der Waals surface area contributed by atoms with Crippen LogP contribution in [-0.2, 0) is 0 Å². The van der Waals surface area contributed by atoms with Gasteiger partial charge in [0.25, 0.3) is 0 Å². The first kappa shape index (κ1) is 9.87. The van der Waals surface area contributed by atoms with Crippen molar-refractivity contribution in [3.8, 4) is 0 Å². The zero-order valence-corrected chi connectivity index (χ0v) is 8.33. The largest absolute Gasteiger partial charge is 0.328 e. The molecule has 11 heavy (non-hydrogen) atoms. The highest BCUT2D eigenvalue weighted by molar-refractivity contribution is 6.67. The van der Waals surface area contributed by atoms with Crippen molar-refractivity contribution in [2.45, 2.75) is 22.8 Å². The zero-order valence-electron chi connectivity index (χ0n) is 6.06. The molecule has 1 rings (SSSR count). The molecule has 0 spiro atoms. The van der Waals surface area contributed by atoms with Gasteiger partial charge in [-0.2, -0.15) is 0 Å². The van der Waals surface area contributed by atoms with Gasteiger partial charge < -0.3 is 5.73 Å². The van der Waals surface area contributed by atoms with Gasteiger partial charge in [0.1, 0.15) is 0 Å². The Morgan fingerprint density at radius 3 is 2.00 bits per heavy atom. The molecule has 0 aromatic carbocycles. The van der Waals surface area contributed by atoms with Crippen molar-refractivity contribution < 1.29 is 0 Å². The maximum atomic E-state index is 5.68. The van der Waals surface area contributed by atoms with E-state index in [-0.39, 0.29) is 6.04 Å². The van der Waals surface area contributed by atoms with Crippen LogP contribution in [0.25, 0.3) is 0 Å². The van der Waals surface area contributed by atoms with Crippen molar-refractivity contribution in [1.29, 1.82) is 0 Å². The molecule has 0 atom stereocenters. The molecule has 0 radical (unpaired) electrons. The maximum absolute atomic E-state index is 5.68. The van der Waals surface area contributed by atoms with Gasteiger partial charge in [-0.25, -0.2) is 0 Å². The lowest BCUT2D eigenvalue weighted by Gasteiger charge is -2.34. The van der Waals surface area contributed by atoms with Crippen LogP contribution < -0.4 is 5.73 Å². The summed E-state index contributed by atoms with van der Waals surface area (Å²) in [6, 6.07) is 0.276. The number of alkyl halides is 3. The molecule has 2 N–H and O–H groups in total. The summed E-state index contributed by atoms with van der Waals surface area (Å²) in [6.45, 7) is 1.55. The van der Waals surface area contributed by atoms with E-state index in [1.165, 1.54) is 0 Å². The Morgan fingerprint density at radius 1 is 1.18 bits per heavy atom. The second-order valence-electron chi connectivity index (χ2n) is 2.79. The van der Waals surface area contributed by atoms with E-state index >= 15 is 0 Å². The van der Waals surface area contributed by atoms with Crippen LogP contribution in [0.1, 0.15) is 12.8 Å². The van der Waals surface area contributed by atoms with Crippen molar-refractivity contribution in [3.05, 3.63) is 0 Å². The summed E-state index contributed by atoms with van der Waals surface area (Å²) < 4.78 is -1.25. The van der Waals surface area contributed by atoms with E-state index in [2.05, 4.69) is 0 Å². The lowest BCUT2D eigenvalue weighted by atomic mass is 10.1. The lowest BCUT2D eigenvalue weighted by Crippen LogP contribution is -2.45. The van der Waals surface area contributed by atoms with Crippen LogP contribution in [0.4, 0.5) is 0 Å². The molecule has 1 saturated heterocycles. The topological polar surface area (TPSA) is 29.3 Å². The summed E-state index contributed by atoms with van der Waals surface area (Å²) in [7, 11) is 0. The Bertz CT molecular complexity index is 126. The van der Waals surface area contributed by atoms with Crippen LogP contribution >= 0.6 is 34.8 Å². The quantitative estimate of drug-likeness (QED) is 0.495. The van der Waals surface area contributed by atoms with Gasteiger partial charge in [0.05, 0.1) is 0 Å². The van der Waals surface area contributed by atoms with Gasteiger partial charge in [0, 0.05) is 19.1 Å². The van der Waals surface area contributed by atoms with Gasteiger partial charge in [-0.3, -0.25) is 4.90 Å². The van der Waals surface area contributed by atoms with Crippen LogP contribution in [-0.4, -0.2) is 27.9 Å². The fourth-order valence-corrected chi connectivity index (χ4v) is 1.66. The van der Waals surface area contributed by atoms with Crippen LogP contribution in [0.15, 0.2) is 0 Å². The smallest absolute Gasteiger partial charge is 0.247 e. The van der Waals surface area contributed by atoms with Crippen LogP contribution in [0, 0.1) is 0 Å². The Balaban J connectivity index is 2.39. The Morgan fingerprint density at radius 2 is 1.64 bits per heavy atom. The SMILES string of the molecule is NC1CCN(C(Cl)(Cl)Cl)CC1. The number of hydrogen-bond donors (Lipinski definition) is 1. The van der Waals surface area contributed by atoms with Crippen LogP contribution in [0.5, 0.6) is 0 Å². The molecule has 0 aliphatic carbocycles. The minimum Gasteiger partial charge on any atom is -0.328 e. The molecular weight excluding hydrogens is 206 g/mol. The van der Waals surface area contributed by atoms with E-state index in [4.69, 9.17) is 40.5 Å². The average molecular weight is 218 g/mol. The monoisotopic (exact) mass is 216 g/mol. The molecule has 0 aromatic heterocycles. The number of nitrogens with zero attached hydrogens (tertiary/aromatic N) is 1. The molecular formula is C6H11Cl3N2. The predicted molar refractivity (Wildman–Crippen MR) is 49.1 cm³/mol. The third-order valence-electron chi connectivity index (χ3n) is 1.90. The molecule has 0 unspecified atom stereocenters.